The Balaban J connectivity index is 0.000000172. The van der Waals surface area contributed by atoms with Crippen molar-refractivity contribution in [2.24, 2.45) is 0 Å². The van der Waals surface area contributed by atoms with Crippen LogP contribution >= 0.6 is 11.6 Å². The number of carbonyl (C=O) groups excluding carboxylic acids is 1. The fraction of sp³-hybridized carbons (Fsp3) is 0.435. The van der Waals surface area contributed by atoms with E-state index >= 15 is 0 Å². The normalized spacial score (nSPS) is 21.1. The number of hydrogen-bond acceptors (Lipinski definition) is 4. The van der Waals surface area contributed by atoms with E-state index in [4.69, 9.17) is 0 Å². The van der Waals surface area contributed by atoms with Crippen molar-refractivity contribution in [3.63, 3.8) is 0 Å². The molecule has 0 aliphatic carbocycles. The van der Waals surface area contributed by atoms with Gasteiger partial charge in [-0.05, 0) is 60.8 Å². The van der Waals surface area contributed by atoms with Crippen LogP contribution in [0.3, 0.4) is 0 Å². The van der Waals surface area contributed by atoms with Crippen molar-refractivity contribution < 1.29 is 9.18 Å². The Labute approximate surface area is 184 Å². The molecule has 2 aromatic rings. The van der Waals surface area contributed by atoms with Gasteiger partial charge in [0.2, 0.25) is 12.4 Å². The van der Waals surface area contributed by atoms with Crippen molar-refractivity contribution in [1.29, 1.82) is 0 Å². The molecule has 2 N–H and O–H groups in total. The van der Waals surface area contributed by atoms with Crippen LogP contribution < -0.4 is 15.5 Å². The highest BCUT2D eigenvalue weighted by Crippen LogP contribution is 2.38. The van der Waals surface area contributed by atoms with Gasteiger partial charge in [-0.2, -0.15) is 0 Å². The van der Waals surface area contributed by atoms with Gasteiger partial charge in [-0.3, -0.25) is 4.79 Å². The first-order chi connectivity index (χ1) is 14.6. The Morgan fingerprint density at radius 1 is 1.17 bits per heavy atom. The summed E-state index contributed by atoms with van der Waals surface area (Å²) >= 11 is 2.00. The van der Waals surface area contributed by atoms with Gasteiger partial charge in [0.15, 0.2) is 0 Å². The quantitative estimate of drug-likeness (QED) is 0.543. The lowest BCUT2D eigenvalue weighted by molar-refractivity contribution is -0.110. The molecule has 2 unspecified atom stereocenters. The number of benzene rings is 2. The zero-order valence-electron chi connectivity index (χ0n) is 17.8. The van der Waals surface area contributed by atoms with E-state index < -0.39 is 0 Å². The first-order valence-corrected chi connectivity index (χ1v) is 11.9. The van der Waals surface area contributed by atoms with Crippen molar-refractivity contribution >= 4 is 29.7 Å². The largest absolute Gasteiger partial charge is 0.367 e. The van der Waals surface area contributed by atoms with Crippen LogP contribution in [-0.2, 0) is 4.79 Å². The van der Waals surface area contributed by atoms with Crippen LogP contribution in [0.2, 0.25) is 12.6 Å². The fourth-order valence-electron chi connectivity index (χ4n) is 4.22. The van der Waals surface area contributed by atoms with E-state index in [9.17, 15) is 9.18 Å². The molecule has 2 aliphatic heterocycles. The second-order valence-corrected chi connectivity index (χ2v) is 9.19. The lowest BCUT2D eigenvalue weighted by Gasteiger charge is -2.40. The second-order valence-electron chi connectivity index (χ2n) is 7.98. The van der Waals surface area contributed by atoms with Gasteiger partial charge in [0, 0.05) is 25.3 Å². The zero-order chi connectivity index (χ0) is 21.3. The number of piperidine rings is 1. The van der Waals surface area contributed by atoms with Gasteiger partial charge in [0.1, 0.15) is 5.82 Å². The number of carbonyl (C=O) groups is 1. The monoisotopic (exact) mass is 427 g/mol. The summed E-state index contributed by atoms with van der Waals surface area (Å²) in [5.41, 5.74) is 2.50. The molecule has 2 fully saturated rings. The number of amides is 1. The van der Waals surface area contributed by atoms with Crippen molar-refractivity contribution in [2.45, 2.75) is 31.0 Å². The first-order valence-electron chi connectivity index (χ1n) is 10.6. The molecule has 2 saturated heterocycles. The maximum atomic E-state index is 12.6. The van der Waals surface area contributed by atoms with Gasteiger partial charge >= 0.3 is 0 Å². The molecule has 2 atom stereocenters. The maximum Gasteiger partial charge on any atom is 0.209 e. The minimum atomic E-state index is -0.225. The molecule has 30 heavy (non-hydrogen) atoms. The minimum absolute atomic E-state index is 0.225. The molecule has 2 aromatic carbocycles. The SMILES string of the molecule is CSB(C)C1CCNCC1c1ccccc1.O=CNC1CN(c2ccc(F)cc2)C1. The molecular formula is C23H31BFN3OS. The first kappa shape index (κ1) is 22.7. The highest BCUT2D eigenvalue weighted by atomic mass is 32.2. The topological polar surface area (TPSA) is 44.4 Å². The van der Waals surface area contributed by atoms with Crippen molar-refractivity contribution in [1.82, 2.24) is 10.6 Å². The van der Waals surface area contributed by atoms with Gasteiger partial charge in [-0.15, -0.1) is 0 Å². The van der Waals surface area contributed by atoms with Crippen LogP contribution in [-0.4, -0.2) is 50.9 Å². The summed E-state index contributed by atoms with van der Waals surface area (Å²) in [6, 6.07) is 17.6. The summed E-state index contributed by atoms with van der Waals surface area (Å²) in [7, 11) is 0. The molecule has 4 rings (SSSR count). The summed E-state index contributed by atoms with van der Waals surface area (Å²) in [6.45, 7) is 6.28. The Hall–Kier alpha value is -1.99. The third-order valence-corrected chi connectivity index (χ3v) is 7.21. The molecule has 160 valence electrons. The van der Waals surface area contributed by atoms with E-state index in [1.807, 2.05) is 11.6 Å². The second kappa shape index (κ2) is 11.4. The molecule has 0 saturated carbocycles. The van der Waals surface area contributed by atoms with Gasteiger partial charge in [0.25, 0.3) is 0 Å². The Morgan fingerprint density at radius 2 is 1.87 bits per heavy atom. The van der Waals surface area contributed by atoms with Crippen molar-refractivity contribution in [3.05, 3.63) is 66.0 Å². The van der Waals surface area contributed by atoms with Crippen LogP contribution in [0.15, 0.2) is 54.6 Å². The number of rotatable bonds is 6. The smallest absolute Gasteiger partial charge is 0.209 e. The third kappa shape index (κ3) is 6.02. The molecule has 0 spiro atoms. The average Bonchev–Trinajstić information content (AvgIpc) is 2.77. The maximum absolute atomic E-state index is 12.6. The van der Waals surface area contributed by atoms with E-state index in [1.54, 1.807) is 12.1 Å². The predicted molar refractivity (Wildman–Crippen MR) is 127 cm³/mol. The molecule has 0 radical (unpaired) electrons. The van der Waals surface area contributed by atoms with Gasteiger partial charge in [-0.25, -0.2) is 16.0 Å². The van der Waals surface area contributed by atoms with E-state index in [0.29, 0.717) is 12.3 Å². The summed E-state index contributed by atoms with van der Waals surface area (Å²) < 4.78 is 12.6. The summed E-state index contributed by atoms with van der Waals surface area (Å²) in [4.78, 5) is 12.2. The van der Waals surface area contributed by atoms with Crippen LogP contribution in [0.25, 0.3) is 0 Å². The Bertz CT molecular complexity index is 774. The molecule has 1 amide bonds. The van der Waals surface area contributed by atoms with Crippen LogP contribution in [0.5, 0.6) is 0 Å². The van der Waals surface area contributed by atoms with Gasteiger partial charge in [0.05, 0.1) is 6.04 Å². The highest BCUT2D eigenvalue weighted by molar-refractivity contribution is 8.25. The standard InChI is InChI=1S/C13H20BNS.C10H11FN2O/c1-14(16-2)13-8-9-15-10-12(13)11-6-4-3-5-7-11;11-8-1-3-10(4-2-8)13-5-9(6-13)12-7-14/h3-7,12-13,15H,8-10H2,1-2H3;1-4,7,9H,5-6H2,(H,12,14). The number of halogens is 1. The molecule has 2 heterocycles. The lowest BCUT2D eigenvalue weighted by Crippen LogP contribution is -2.57. The number of nitrogens with zero attached hydrogens (tertiary/aromatic N) is 1. The van der Waals surface area contributed by atoms with Crippen LogP contribution in [0, 0.1) is 5.82 Å². The Kier molecular flexibility index (Phi) is 8.64. The summed E-state index contributed by atoms with van der Waals surface area (Å²) in [5.74, 6) is 2.04. The zero-order valence-corrected chi connectivity index (χ0v) is 18.6. The lowest BCUT2D eigenvalue weighted by atomic mass is 9.55. The van der Waals surface area contributed by atoms with Gasteiger partial charge in [-0.1, -0.05) is 37.2 Å². The molecular weight excluding hydrogens is 396 g/mol. The van der Waals surface area contributed by atoms with E-state index in [1.165, 1.54) is 30.7 Å². The minimum Gasteiger partial charge on any atom is -0.367 e. The molecule has 7 heteroatoms. The van der Waals surface area contributed by atoms with E-state index in [2.05, 4.69) is 58.9 Å². The van der Waals surface area contributed by atoms with Gasteiger partial charge < -0.3 is 15.5 Å². The number of hydrogen-bond donors (Lipinski definition) is 2. The number of nitrogens with one attached hydrogen (secondary N) is 2. The van der Waals surface area contributed by atoms with Crippen molar-refractivity contribution in [2.75, 3.05) is 37.3 Å². The molecule has 4 nitrogen and oxygen atoms in total. The summed E-state index contributed by atoms with van der Waals surface area (Å²) in [5, 5.41) is 6.23. The van der Waals surface area contributed by atoms with E-state index in [-0.39, 0.29) is 11.9 Å². The molecule has 0 bridgehead atoms. The average molecular weight is 427 g/mol. The van der Waals surface area contributed by atoms with Crippen LogP contribution in [0.4, 0.5) is 10.1 Å². The molecule has 0 aromatic heterocycles. The Morgan fingerprint density at radius 3 is 2.50 bits per heavy atom. The fourth-order valence-corrected chi connectivity index (χ4v) is 4.90. The summed E-state index contributed by atoms with van der Waals surface area (Å²) in [6.07, 6.45) is 4.25. The number of anilines is 1. The third-order valence-electron chi connectivity index (χ3n) is 6.12. The highest BCUT2D eigenvalue weighted by Gasteiger charge is 2.31. The van der Waals surface area contributed by atoms with Crippen LogP contribution in [0.1, 0.15) is 17.9 Å². The van der Waals surface area contributed by atoms with Crippen molar-refractivity contribution in [3.8, 4) is 0 Å². The molecule has 2 aliphatic rings. The van der Waals surface area contributed by atoms with E-state index in [0.717, 1.165) is 37.1 Å². The predicted octanol–water partition coefficient (Wildman–Crippen LogP) is 3.88.